The summed E-state index contributed by atoms with van der Waals surface area (Å²) in [5.41, 5.74) is 1.44. The van der Waals surface area contributed by atoms with E-state index in [-0.39, 0.29) is 18.6 Å². The van der Waals surface area contributed by atoms with E-state index >= 15 is 0 Å². The Morgan fingerprint density at radius 3 is 2.00 bits per heavy atom. The first-order chi connectivity index (χ1) is 11.6. The maximum atomic E-state index is 12.2. The molecular formula is C18H18N2O4. The fourth-order valence-corrected chi connectivity index (χ4v) is 2.24. The molecule has 2 aromatic rings. The van der Waals surface area contributed by atoms with Gasteiger partial charge < -0.3 is 15.6 Å². The van der Waals surface area contributed by atoms with E-state index in [1.54, 1.807) is 48.5 Å². The van der Waals surface area contributed by atoms with Gasteiger partial charge in [-0.05, 0) is 11.1 Å². The van der Waals surface area contributed by atoms with Crippen molar-refractivity contribution in [2.24, 2.45) is 5.16 Å². The number of amides is 1. The maximum Gasteiger partial charge on any atom is 0.326 e. The van der Waals surface area contributed by atoms with Crippen LogP contribution in [0.25, 0.3) is 0 Å². The zero-order chi connectivity index (χ0) is 17.4. The van der Waals surface area contributed by atoms with Crippen LogP contribution in [0.15, 0.2) is 65.8 Å². The number of aliphatic carboxylic acids is 1. The SMILES string of the molecule is O=C(N[C@@H](Cc1ccccc1)C(=O)O)/C(Cc1ccccc1)=N\O. The predicted molar refractivity (Wildman–Crippen MR) is 89.1 cm³/mol. The molecular weight excluding hydrogens is 308 g/mol. The summed E-state index contributed by atoms with van der Waals surface area (Å²) >= 11 is 0. The van der Waals surface area contributed by atoms with E-state index < -0.39 is 17.9 Å². The molecule has 0 aliphatic carbocycles. The Balaban J connectivity index is 2.04. The van der Waals surface area contributed by atoms with Gasteiger partial charge in [0.2, 0.25) is 0 Å². The van der Waals surface area contributed by atoms with Crippen molar-refractivity contribution in [1.29, 1.82) is 0 Å². The number of hydrogen-bond acceptors (Lipinski definition) is 4. The number of carbonyl (C=O) groups excluding carboxylic acids is 1. The van der Waals surface area contributed by atoms with Crippen LogP contribution in [0.5, 0.6) is 0 Å². The van der Waals surface area contributed by atoms with Gasteiger partial charge in [0.15, 0.2) is 0 Å². The lowest BCUT2D eigenvalue weighted by atomic mass is 10.0. The molecule has 2 rings (SSSR count). The highest BCUT2D eigenvalue weighted by atomic mass is 16.4. The van der Waals surface area contributed by atoms with Gasteiger partial charge in [-0.3, -0.25) is 4.79 Å². The number of benzene rings is 2. The van der Waals surface area contributed by atoms with Gasteiger partial charge in [0.1, 0.15) is 11.8 Å². The molecule has 0 aromatic heterocycles. The first kappa shape index (κ1) is 17.2. The quantitative estimate of drug-likeness (QED) is 0.411. The van der Waals surface area contributed by atoms with Crippen LogP contribution in [0.1, 0.15) is 11.1 Å². The van der Waals surface area contributed by atoms with Crippen LogP contribution in [0.3, 0.4) is 0 Å². The molecule has 0 spiro atoms. The average molecular weight is 326 g/mol. The Bertz CT molecular complexity index is 714. The number of rotatable bonds is 7. The highest BCUT2D eigenvalue weighted by molar-refractivity contribution is 6.39. The Morgan fingerprint density at radius 2 is 1.50 bits per heavy atom. The normalized spacial score (nSPS) is 12.4. The van der Waals surface area contributed by atoms with Crippen LogP contribution in [0.4, 0.5) is 0 Å². The average Bonchev–Trinajstić information content (AvgIpc) is 2.60. The first-order valence-electron chi connectivity index (χ1n) is 7.42. The fraction of sp³-hybridized carbons (Fsp3) is 0.167. The van der Waals surface area contributed by atoms with E-state index in [9.17, 15) is 14.7 Å². The summed E-state index contributed by atoms with van der Waals surface area (Å²) in [4.78, 5) is 23.6. The molecule has 0 saturated carbocycles. The van der Waals surface area contributed by atoms with E-state index in [2.05, 4.69) is 10.5 Å². The topological polar surface area (TPSA) is 99.0 Å². The zero-order valence-electron chi connectivity index (χ0n) is 12.9. The summed E-state index contributed by atoms with van der Waals surface area (Å²) in [5, 5.41) is 23.8. The molecule has 1 atom stereocenters. The minimum atomic E-state index is -1.15. The van der Waals surface area contributed by atoms with E-state index in [4.69, 9.17) is 5.21 Å². The molecule has 0 radical (unpaired) electrons. The Kier molecular flexibility index (Phi) is 6.08. The summed E-state index contributed by atoms with van der Waals surface area (Å²) in [7, 11) is 0. The van der Waals surface area contributed by atoms with Crippen LogP contribution in [0, 0.1) is 0 Å². The lowest BCUT2D eigenvalue weighted by Gasteiger charge is -2.15. The van der Waals surface area contributed by atoms with Crippen molar-refractivity contribution in [2.45, 2.75) is 18.9 Å². The van der Waals surface area contributed by atoms with Gasteiger partial charge in [-0.1, -0.05) is 65.8 Å². The summed E-state index contributed by atoms with van der Waals surface area (Å²) in [6, 6.07) is 16.9. The second-order valence-corrected chi connectivity index (χ2v) is 5.26. The molecule has 6 nitrogen and oxygen atoms in total. The highest BCUT2D eigenvalue weighted by Crippen LogP contribution is 2.05. The number of hydrogen-bond donors (Lipinski definition) is 3. The third kappa shape index (κ3) is 4.95. The number of oxime groups is 1. The van der Waals surface area contributed by atoms with Crippen LogP contribution in [-0.2, 0) is 22.4 Å². The van der Waals surface area contributed by atoms with Crippen molar-refractivity contribution in [3.8, 4) is 0 Å². The number of nitrogens with one attached hydrogen (secondary N) is 1. The molecule has 0 unspecified atom stereocenters. The number of nitrogens with zero attached hydrogens (tertiary/aromatic N) is 1. The van der Waals surface area contributed by atoms with Gasteiger partial charge in [0, 0.05) is 12.8 Å². The predicted octanol–water partition coefficient (Wildman–Crippen LogP) is 1.87. The first-order valence-corrected chi connectivity index (χ1v) is 7.42. The second-order valence-electron chi connectivity index (χ2n) is 5.26. The third-order valence-corrected chi connectivity index (χ3v) is 3.48. The largest absolute Gasteiger partial charge is 0.480 e. The second kappa shape index (κ2) is 8.47. The monoisotopic (exact) mass is 326 g/mol. The molecule has 1 amide bonds. The molecule has 0 bridgehead atoms. The molecule has 24 heavy (non-hydrogen) atoms. The van der Waals surface area contributed by atoms with Crippen LogP contribution in [-0.4, -0.2) is 33.9 Å². The standard InChI is InChI=1S/C18H18N2O4/c21-17(15(20-24)11-13-7-3-1-4-8-13)19-16(18(22)23)12-14-9-5-2-6-10-14/h1-10,16,24H,11-12H2,(H,19,21)(H,22,23)/b20-15-/t16-/m0/s1. The van der Waals surface area contributed by atoms with Crippen LogP contribution < -0.4 is 5.32 Å². The summed E-state index contributed by atoms with van der Waals surface area (Å²) in [6.45, 7) is 0. The van der Waals surface area contributed by atoms with Crippen molar-refractivity contribution < 1.29 is 19.9 Å². The fourth-order valence-electron chi connectivity index (χ4n) is 2.24. The molecule has 0 aliphatic rings. The molecule has 0 aliphatic heterocycles. The van der Waals surface area contributed by atoms with Gasteiger partial charge in [0.05, 0.1) is 0 Å². The highest BCUT2D eigenvalue weighted by Gasteiger charge is 2.23. The molecule has 0 heterocycles. The van der Waals surface area contributed by atoms with E-state index in [0.717, 1.165) is 11.1 Å². The molecule has 0 saturated heterocycles. The summed E-state index contributed by atoms with van der Waals surface area (Å²) in [6.07, 6.45) is 0.257. The van der Waals surface area contributed by atoms with Crippen LogP contribution >= 0.6 is 0 Å². The van der Waals surface area contributed by atoms with Crippen molar-refractivity contribution in [3.63, 3.8) is 0 Å². The molecule has 3 N–H and O–H groups in total. The van der Waals surface area contributed by atoms with Crippen molar-refractivity contribution in [3.05, 3.63) is 71.8 Å². The van der Waals surface area contributed by atoms with Gasteiger partial charge in [0.25, 0.3) is 5.91 Å². The smallest absolute Gasteiger partial charge is 0.326 e. The summed E-state index contributed by atoms with van der Waals surface area (Å²) in [5.74, 6) is -1.85. The number of carboxylic acid groups (broad SMARTS) is 1. The van der Waals surface area contributed by atoms with Gasteiger partial charge >= 0.3 is 5.97 Å². The zero-order valence-corrected chi connectivity index (χ0v) is 12.9. The molecule has 124 valence electrons. The van der Waals surface area contributed by atoms with Crippen molar-refractivity contribution in [1.82, 2.24) is 5.32 Å². The van der Waals surface area contributed by atoms with Gasteiger partial charge in [-0.2, -0.15) is 0 Å². The van der Waals surface area contributed by atoms with Gasteiger partial charge in [-0.25, -0.2) is 4.79 Å². The third-order valence-electron chi connectivity index (χ3n) is 3.48. The van der Waals surface area contributed by atoms with Gasteiger partial charge in [-0.15, -0.1) is 0 Å². The number of carboxylic acids is 1. The Morgan fingerprint density at radius 1 is 0.958 bits per heavy atom. The van der Waals surface area contributed by atoms with Crippen molar-refractivity contribution >= 4 is 17.6 Å². The van der Waals surface area contributed by atoms with E-state index in [1.807, 2.05) is 12.1 Å². The van der Waals surface area contributed by atoms with E-state index in [0.29, 0.717) is 0 Å². The van der Waals surface area contributed by atoms with Crippen LogP contribution in [0.2, 0.25) is 0 Å². The van der Waals surface area contributed by atoms with Crippen molar-refractivity contribution in [2.75, 3.05) is 0 Å². The minimum Gasteiger partial charge on any atom is -0.480 e. The minimum absolute atomic E-state index is 0.112. The molecule has 0 fully saturated rings. The summed E-state index contributed by atoms with van der Waals surface area (Å²) < 4.78 is 0. The lowest BCUT2D eigenvalue weighted by Crippen LogP contribution is -2.45. The molecule has 6 heteroatoms. The Labute approximate surface area is 139 Å². The maximum absolute atomic E-state index is 12.2. The lowest BCUT2D eigenvalue weighted by molar-refractivity contribution is -0.141. The number of carbonyl (C=O) groups is 2. The Hall–Kier alpha value is -3.15. The van der Waals surface area contributed by atoms with E-state index in [1.165, 1.54) is 0 Å². The molecule has 2 aromatic carbocycles.